The van der Waals surface area contributed by atoms with Crippen LogP contribution < -0.4 is 0 Å². The number of hydrogen-bond donors (Lipinski definition) is 1. The van der Waals surface area contributed by atoms with Crippen molar-refractivity contribution in [1.82, 2.24) is 0 Å². The van der Waals surface area contributed by atoms with E-state index in [0.29, 0.717) is 0 Å². The lowest BCUT2D eigenvalue weighted by Gasteiger charge is -2.17. The summed E-state index contributed by atoms with van der Waals surface area (Å²) in [5, 5.41) is 10.0. The van der Waals surface area contributed by atoms with Crippen molar-refractivity contribution in [2.45, 2.75) is 18.7 Å². The van der Waals surface area contributed by atoms with Crippen LogP contribution in [-0.4, -0.2) is 5.11 Å². The molecule has 4 heteroatoms. The van der Waals surface area contributed by atoms with Gasteiger partial charge >= 0.3 is 6.18 Å². The van der Waals surface area contributed by atoms with Crippen LogP contribution >= 0.6 is 0 Å². The van der Waals surface area contributed by atoms with E-state index in [4.69, 9.17) is 0 Å². The maximum absolute atomic E-state index is 12.8. The Hall–Kier alpha value is -1.81. The number of benzene rings is 2. The molecule has 0 bridgehead atoms. The second-order valence-electron chi connectivity index (χ2n) is 4.29. The summed E-state index contributed by atoms with van der Waals surface area (Å²) < 4.78 is 38.5. The van der Waals surface area contributed by atoms with Crippen molar-refractivity contribution in [2.24, 2.45) is 0 Å². The summed E-state index contributed by atoms with van der Waals surface area (Å²) in [4.78, 5) is 0. The number of aliphatic hydroxyl groups is 1. The maximum atomic E-state index is 12.8. The molecule has 100 valence electrons. The maximum Gasteiger partial charge on any atom is 0.416 e. The van der Waals surface area contributed by atoms with E-state index in [2.05, 4.69) is 0 Å². The lowest BCUT2D eigenvalue weighted by atomic mass is 9.97. The molecule has 1 nitrogen and oxygen atoms in total. The molecular weight excluding hydrogens is 253 g/mol. The molecule has 0 spiro atoms. The van der Waals surface area contributed by atoms with E-state index in [0.717, 1.165) is 11.6 Å². The number of halogens is 3. The van der Waals surface area contributed by atoms with Crippen LogP contribution in [0.4, 0.5) is 13.2 Å². The van der Waals surface area contributed by atoms with Crippen molar-refractivity contribution < 1.29 is 18.3 Å². The average molecular weight is 266 g/mol. The van der Waals surface area contributed by atoms with Crippen LogP contribution in [0.25, 0.3) is 0 Å². The highest BCUT2D eigenvalue weighted by Crippen LogP contribution is 2.35. The van der Waals surface area contributed by atoms with Gasteiger partial charge < -0.3 is 5.11 Å². The van der Waals surface area contributed by atoms with E-state index >= 15 is 0 Å². The van der Waals surface area contributed by atoms with E-state index in [-0.39, 0.29) is 12.0 Å². The van der Waals surface area contributed by atoms with E-state index in [1.807, 2.05) is 6.07 Å². The van der Waals surface area contributed by atoms with Crippen LogP contribution in [0.15, 0.2) is 54.6 Å². The van der Waals surface area contributed by atoms with Crippen LogP contribution in [0.1, 0.15) is 22.8 Å². The highest BCUT2D eigenvalue weighted by molar-refractivity contribution is 5.32. The molecule has 1 atom stereocenters. The Labute approximate surface area is 109 Å². The topological polar surface area (TPSA) is 20.2 Å². The summed E-state index contributed by atoms with van der Waals surface area (Å²) in [5.41, 5.74) is -0.0655. The Balaban J connectivity index is 2.27. The minimum Gasteiger partial charge on any atom is -0.388 e. The number of hydrogen-bond acceptors (Lipinski definition) is 1. The first-order valence-corrected chi connectivity index (χ1v) is 5.86. The molecular formula is C15H13F3O. The molecule has 0 fully saturated rings. The van der Waals surface area contributed by atoms with Crippen LogP contribution in [-0.2, 0) is 12.6 Å². The largest absolute Gasteiger partial charge is 0.416 e. The molecule has 0 saturated carbocycles. The third-order valence-corrected chi connectivity index (χ3v) is 2.90. The van der Waals surface area contributed by atoms with Crippen molar-refractivity contribution in [3.8, 4) is 0 Å². The normalized spacial score (nSPS) is 13.3. The van der Waals surface area contributed by atoms with Gasteiger partial charge in [-0.1, -0.05) is 48.5 Å². The molecule has 2 rings (SSSR count). The second-order valence-corrected chi connectivity index (χ2v) is 4.29. The van der Waals surface area contributed by atoms with Crippen LogP contribution in [0, 0.1) is 0 Å². The van der Waals surface area contributed by atoms with E-state index < -0.39 is 17.8 Å². The van der Waals surface area contributed by atoms with Crippen LogP contribution in [0.5, 0.6) is 0 Å². The first-order chi connectivity index (χ1) is 8.98. The van der Waals surface area contributed by atoms with Gasteiger partial charge in [-0.15, -0.1) is 0 Å². The molecule has 0 amide bonds. The summed E-state index contributed by atoms with van der Waals surface area (Å²) in [6.45, 7) is 0. The van der Waals surface area contributed by atoms with Gasteiger partial charge in [0.15, 0.2) is 0 Å². The standard InChI is InChI=1S/C15H13F3O/c16-15(17,18)13-9-5-4-8-12(13)14(19)10-11-6-2-1-3-7-11/h1-9,14,19H,10H2. The summed E-state index contributed by atoms with van der Waals surface area (Å²) >= 11 is 0. The van der Waals surface area contributed by atoms with Gasteiger partial charge in [0.05, 0.1) is 11.7 Å². The summed E-state index contributed by atoms with van der Waals surface area (Å²) in [6, 6.07) is 14.1. The quantitative estimate of drug-likeness (QED) is 0.890. The molecule has 1 N–H and O–H groups in total. The Kier molecular flexibility index (Phi) is 3.90. The molecule has 0 aromatic heterocycles. The fourth-order valence-corrected chi connectivity index (χ4v) is 1.99. The Morgan fingerprint density at radius 1 is 0.895 bits per heavy atom. The predicted molar refractivity (Wildman–Crippen MR) is 66.5 cm³/mol. The molecule has 2 aromatic rings. The lowest BCUT2D eigenvalue weighted by molar-refractivity contribution is -0.139. The zero-order valence-electron chi connectivity index (χ0n) is 10.1. The summed E-state index contributed by atoms with van der Waals surface area (Å²) in [7, 11) is 0. The highest BCUT2D eigenvalue weighted by atomic mass is 19.4. The van der Waals surface area contributed by atoms with E-state index in [1.165, 1.54) is 18.2 Å². The second kappa shape index (κ2) is 5.45. The van der Waals surface area contributed by atoms with Crippen LogP contribution in [0.2, 0.25) is 0 Å². The zero-order valence-corrected chi connectivity index (χ0v) is 10.1. The van der Waals surface area contributed by atoms with Gasteiger partial charge in [0.25, 0.3) is 0 Å². The fraction of sp³-hybridized carbons (Fsp3) is 0.200. The molecule has 2 aromatic carbocycles. The lowest BCUT2D eigenvalue weighted by Crippen LogP contribution is -2.13. The first kappa shape index (κ1) is 13.6. The molecule has 1 unspecified atom stereocenters. The van der Waals surface area contributed by atoms with Crippen molar-refractivity contribution in [2.75, 3.05) is 0 Å². The van der Waals surface area contributed by atoms with Gasteiger partial charge in [-0.05, 0) is 17.2 Å². The molecule has 0 aliphatic heterocycles. The van der Waals surface area contributed by atoms with Crippen molar-refractivity contribution in [1.29, 1.82) is 0 Å². The smallest absolute Gasteiger partial charge is 0.388 e. The Morgan fingerprint density at radius 2 is 1.47 bits per heavy atom. The van der Waals surface area contributed by atoms with Crippen LogP contribution in [0.3, 0.4) is 0 Å². The molecule has 0 aliphatic carbocycles. The fourth-order valence-electron chi connectivity index (χ4n) is 1.99. The Bertz CT molecular complexity index is 535. The van der Waals surface area contributed by atoms with Gasteiger partial charge in [-0.25, -0.2) is 0 Å². The van der Waals surface area contributed by atoms with Crippen molar-refractivity contribution >= 4 is 0 Å². The highest BCUT2D eigenvalue weighted by Gasteiger charge is 2.34. The SMILES string of the molecule is OC(Cc1ccccc1)c1ccccc1C(F)(F)F. The van der Waals surface area contributed by atoms with Gasteiger partial charge in [0.1, 0.15) is 0 Å². The summed E-state index contributed by atoms with van der Waals surface area (Å²) in [6.07, 6.45) is -5.46. The van der Waals surface area contributed by atoms with E-state index in [1.54, 1.807) is 24.3 Å². The minimum absolute atomic E-state index is 0.0844. The molecule has 0 radical (unpaired) electrons. The minimum atomic E-state index is -4.45. The van der Waals surface area contributed by atoms with Gasteiger partial charge in [-0.2, -0.15) is 13.2 Å². The van der Waals surface area contributed by atoms with Gasteiger partial charge in [0.2, 0.25) is 0 Å². The van der Waals surface area contributed by atoms with Gasteiger partial charge in [-0.3, -0.25) is 0 Å². The number of aliphatic hydroxyl groups excluding tert-OH is 1. The number of rotatable bonds is 3. The van der Waals surface area contributed by atoms with Crippen molar-refractivity contribution in [3.63, 3.8) is 0 Å². The van der Waals surface area contributed by atoms with Gasteiger partial charge in [0, 0.05) is 6.42 Å². The Morgan fingerprint density at radius 3 is 2.11 bits per heavy atom. The van der Waals surface area contributed by atoms with E-state index in [9.17, 15) is 18.3 Å². The molecule has 0 saturated heterocycles. The average Bonchev–Trinajstić information content (AvgIpc) is 2.39. The molecule has 19 heavy (non-hydrogen) atoms. The third-order valence-electron chi connectivity index (χ3n) is 2.90. The predicted octanol–water partition coefficient (Wildman–Crippen LogP) is 3.98. The number of alkyl halides is 3. The zero-order chi connectivity index (χ0) is 13.9. The molecule has 0 aliphatic rings. The first-order valence-electron chi connectivity index (χ1n) is 5.86. The van der Waals surface area contributed by atoms with Crippen molar-refractivity contribution in [3.05, 3.63) is 71.3 Å². The third kappa shape index (κ3) is 3.35. The summed E-state index contributed by atoms with van der Waals surface area (Å²) in [5.74, 6) is 0. The molecule has 0 heterocycles. The monoisotopic (exact) mass is 266 g/mol.